The topological polar surface area (TPSA) is 108 Å². The second-order valence-corrected chi connectivity index (χ2v) is 15.6. The molecule has 0 aliphatic rings. The molecule has 0 fully saturated rings. The lowest BCUT2D eigenvalue weighted by molar-refractivity contribution is -0.169. The molecule has 0 radical (unpaired) electrons. The van der Waals surface area contributed by atoms with Crippen LogP contribution in [0.15, 0.2) is 66.7 Å². The van der Waals surface area contributed by atoms with Crippen LogP contribution in [0.1, 0.15) is 147 Å². The molecule has 0 aliphatic heterocycles. The number of rotatable bonds is 25. The Kier molecular flexibility index (Phi) is 20.0. The van der Waals surface area contributed by atoms with Gasteiger partial charge < -0.3 is 18.9 Å². The highest BCUT2D eigenvalue weighted by atomic mass is 16.6. The van der Waals surface area contributed by atoms with Gasteiger partial charge in [-0.1, -0.05) is 153 Å². The zero-order valence-electron chi connectivity index (χ0n) is 34.2. The number of esters is 4. The Bertz CT molecular complexity index is 1580. The molecule has 1 atom stereocenters. The second kappa shape index (κ2) is 24.3. The summed E-state index contributed by atoms with van der Waals surface area (Å²) in [5.41, 5.74) is 3.17. The predicted octanol–water partition coefficient (Wildman–Crippen LogP) is 10.3. The summed E-state index contributed by atoms with van der Waals surface area (Å²) in [6, 6.07) is 22.3. The normalized spacial score (nSPS) is 12.1. The van der Waals surface area contributed by atoms with Crippen molar-refractivity contribution in [2.45, 2.75) is 149 Å². The van der Waals surface area contributed by atoms with Gasteiger partial charge in [-0.15, -0.1) is 0 Å². The molecule has 1 unspecified atom stereocenters. The maximum atomic E-state index is 13.4. The summed E-state index contributed by atoms with van der Waals surface area (Å²) in [7, 11) is 1.91. The van der Waals surface area contributed by atoms with Crippen LogP contribution in [0.3, 0.4) is 0 Å². The lowest BCUT2D eigenvalue weighted by Crippen LogP contribution is -2.31. The van der Waals surface area contributed by atoms with E-state index in [1.165, 1.54) is 5.56 Å². The van der Waals surface area contributed by atoms with Gasteiger partial charge in [-0.3, -0.25) is 24.1 Å². The first-order chi connectivity index (χ1) is 26.4. The van der Waals surface area contributed by atoms with E-state index >= 15 is 0 Å². The monoisotopic (exact) mass is 759 g/mol. The summed E-state index contributed by atoms with van der Waals surface area (Å²) in [5, 5.41) is 1.99. The van der Waals surface area contributed by atoms with Gasteiger partial charge in [0.15, 0.2) is 12.3 Å². The van der Waals surface area contributed by atoms with Crippen LogP contribution in [0.4, 0.5) is 0 Å². The van der Waals surface area contributed by atoms with E-state index in [0.717, 1.165) is 86.1 Å². The number of fused-ring (bicyclic) bond motifs is 1. The average molecular weight is 760 g/mol. The molecular formula is C46H65NO8. The predicted molar refractivity (Wildman–Crippen MR) is 217 cm³/mol. The number of ether oxygens (including phenoxy) is 4. The van der Waals surface area contributed by atoms with E-state index in [-0.39, 0.29) is 44.3 Å². The van der Waals surface area contributed by atoms with Gasteiger partial charge in [0.2, 0.25) is 0 Å². The average Bonchev–Trinajstić information content (AvgIpc) is 3.16. The van der Waals surface area contributed by atoms with Gasteiger partial charge in [0, 0.05) is 24.9 Å². The molecule has 3 aromatic carbocycles. The Morgan fingerprint density at radius 1 is 0.600 bits per heavy atom. The van der Waals surface area contributed by atoms with Crippen molar-refractivity contribution in [2.75, 3.05) is 20.3 Å². The van der Waals surface area contributed by atoms with Crippen molar-refractivity contribution in [3.63, 3.8) is 0 Å². The van der Waals surface area contributed by atoms with Crippen LogP contribution < -0.4 is 0 Å². The van der Waals surface area contributed by atoms with Crippen LogP contribution in [0.5, 0.6) is 0 Å². The van der Waals surface area contributed by atoms with Crippen molar-refractivity contribution in [1.82, 2.24) is 4.90 Å². The zero-order valence-corrected chi connectivity index (χ0v) is 34.2. The van der Waals surface area contributed by atoms with Crippen LogP contribution >= 0.6 is 0 Å². The van der Waals surface area contributed by atoms with E-state index < -0.39 is 36.2 Å². The number of unbranched alkanes of at least 4 members (excludes halogenated alkanes) is 8. The van der Waals surface area contributed by atoms with Crippen molar-refractivity contribution >= 4 is 34.6 Å². The summed E-state index contributed by atoms with van der Waals surface area (Å²) >= 11 is 0. The number of benzene rings is 3. The summed E-state index contributed by atoms with van der Waals surface area (Å²) in [6.07, 6.45) is 8.24. The Labute approximate surface area is 329 Å². The molecule has 55 heavy (non-hydrogen) atoms. The zero-order chi connectivity index (χ0) is 40.1. The maximum Gasteiger partial charge on any atom is 0.308 e. The number of carbonyl (C=O) groups excluding carboxylic acids is 4. The maximum absolute atomic E-state index is 13.4. The van der Waals surface area contributed by atoms with Crippen LogP contribution in [-0.2, 0) is 50.1 Å². The first kappa shape index (κ1) is 45.2. The van der Waals surface area contributed by atoms with Gasteiger partial charge in [0.05, 0.1) is 12.8 Å². The fourth-order valence-corrected chi connectivity index (χ4v) is 6.35. The third-order valence-corrected chi connectivity index (χ3v) is 9.65. The van der Waals surface area contributed by atoms with Gasteiger partial charge in [-0.2, -0.15) is 0 Å². The lowest BCUT2D eigenvalue weighted by atomic mass is 9.87. The molecule has 0 heterocycles. The molecule has 0 saturated heterocycles. The molecule has 3 rings (SSSR count). The Morgan fingerprint density at radius 3 is 1.69 bits per heavy atom. The number of nitrogens with zero attached hydrogens (tertiary/aromatic N) is 1. The van der Waals surface area contributed by atoms with Crippen molar-refractivity contribution < 1.29 is 38.1 Å². The van der Waals surface area contributed by atoms with Crippen LogP contribution in [0, 0.1) is 0 Å². The van der Waals surface area contributed by atoms with Gasteiger partial charge in [-0.05, 0) is 47.2 Å². The van der Waals surface area contributed by atoms with E-state index in [9.17, 15) is 19.2 Å². The molecular weight excluding hydrogens is 695 g/mol. The molecule has 0 bridgehead atoms. The molecule has 9 nitrogen and oxygen atoms in total. The fourth-order valence-electron chi connectivity index (χ4n) is 6.35. The van der Waals surface area contributed by atoms with Crippen molar-refractivity contribution in [3.05, 3.63) is 83.4 Å². The van der Waals surface area contributed by atoms with E-state index in [1.54, 1.807) is 0 Å². The third-order valence-electron chi connectivity index (χ3n) is 9.65. The number of hydrogen-bond acceptors (Lipinski definition) is 9. The van der Waals surface area contributed by atoms with E-state index in [4.69, 9.17) is 18.9 Å². The van der Waals surface area contributed by atoms with Gasteiger partial charge in [-0.25, -0.2) is 0 Å². The van der Waals surface area contributed by atoms with Crippen molar-refractivity contribution in [3.8, 4) is 0 Å². The standard InChI is InChI=1S/C46H65NO8/c1-7-9-11-13-15-24-41(48)52-33-38(34-53-42(49)25-16-14-12-10-8-2)54-43(50)30-31-44(51)55-45(40-23-19-21-36-20-17-18-22-39(36)40)47(6)32-35-26-28-37(29-27-35)46(3,4)5/h17-23,26-29,38,45H,7-16,24-25,30-34H2,1-6H3. The van der Waals surface area contributed by atoms with E-state index in [0.29, 0.717) is 6.54 Å². The lowest BCUT2D eigenvalue weighted by Gasteiger charge is -2.29. The van der Waals surface area contributed by atoms with Crippen LogP contribution in [0.2, 0.25) is 0 Å². The Hall–Kier alpha value is -4.24. The summed E-state index contributed by atoms with van der Waals surface area (Å²) in [5.74, 6) is -2.03. The van der Waals surface area contributed by atoms with Crippen molar-refractivity contribution in [1.29, 1.82) is 0 Å². The minimum atomic E-state index is -0.990. The quantitative estimate of drug-likeness (QED) is 0.0361. The summed E-state index contributed by atoms with van der Waals surface area (Å²) in [6.45, 7) is 10.8. The molecule has 302 valence electrons. The first-order valence-electron chi connectivity index (χ1n) is 20.4. The number of hydrogen-bond donors (Lipinski definition) is 0. The SMILES string of the molecule is CCCCCCCC(=O)OCC(COC(=O)CCCCCCC)OC(=O)CCC(=O)OC(c1cccc2ccccc12)N(C)Cc1ccc(C(C)(C)C)cc1. The first-order valence-corrected chi connectivity index (χ1v) is 20.4. The summed E-state index contributed by atoms with van der Waals surface area (Å²) < 4.78 is 22.6. The molecule has 0 saturated carbocycles. The van der Waals surface area contributed by atoms with Gasteiger partial charge >= 0.3 is 23.9 Å². The van der Waals surface area contributed by atoms with Crippen LogP contribution in [0.25, 0.3) is 10.8 Å². The molecule has 0 aromatic heterocycles. The van der Waals surface area contributed by atoms with E-state index in [1.807, 2.05) is 54.4 Å². The summed E-state index contributed by atoms with van der Waals surface area (Å²) in [4.78, 5) is 53.4. The molecule has 0 amide bonds. The highest BCUT2D eigenvalue weighted by Crippen LogP contribution is 2.31. The number of carbonyl (C=O) groups is 4. The van der Waals surface area contributed by atoms with Crippen molar-refractivity contribution in [2.24, 2.45) is 0 Å². The third kappa shape index (κ3) is 17.0. The van der Waals surface area contributed by atoms with Crippen LogP contribution in [-0.4, -0.2) is 55.1 Å². The minimum absolute atomic E-state index is 0.0304. The second-order valence-electron chi connectivity index (χ2n) is 15.6. The molecule has 0 aliphatic carbocycles. The minimum Gasteiger partial charge on any atom is -0.462 e. The molecule has 0 N–H and O–H groups in total. The molecule has 3 aromatic rings. The Balaban J connectivity index is 1.64. The van der Waals surface area contributed by atoms with Gasteiger partial charge in [0.1, 0.15) is 13.2 Å². The molecule has 9 heteroatoms. The highest BCUT2D eigenvalue weighted by Gasteiger charge is 2.26. The van der Waals surface area contributed by atoms with Gasteiger partial charge in [0.25, 0.3) is 0 Å². The fraction of sp³-hybridized carbons (Fsp3) is 0.565. The smallest absolute Gasteiger partial charge is 0.308 e. The van der Waals surface area contributed by atoms with E-state index in [2.05, 4.69) is 58.9 Å². The largest absolute Gasteiger partial charge is 0.462 e. The highest BCUT2D eigenvalue weighted by molar-refractivity contribution is 5.86. The molecule has 0 spiro atoms. The Morgan fingerprint density at radius 2 is 1.13 bits per heavy atom.